The van der Waals surface area contributed by atoms with Gasteiger partial charge in [-0.2, -0.15) is 0 Å². The minimum absolute atomic E-state index is 0.0394. The lowest BCUT2D eigenvalue weighted by molar-refractivity contribution is -0.384. The maximum atomic E-state index is 12.9. The van der Waals surface area contributed by atoms with Gasteiger partial charge in [0.2, 0.25) is 0 Å². The van der Waals surface area contributed by atoms with Crippen molar-refractivity contribution in [2.75, 3.05) is 26.2 Å². The molecule has 158 valence electrons. The monoisotopic (exact) mass is 429 g/mol. The van der Waals surface area contributed by atoms with Crippen molar-refractivity contribution in [3.8, 4) is 0 Å². The Balaban J connectivity index is 2.07. The van der Waals surface area contributed by atoms with Crippen LogP contribution in [0.4, 0.5) is 5.69 Å². The molecule has 2 aromatic rings. The fraction of sp³-hybridized carbons (Fsp3) is 0.333. The number of carbonyl (C=O) groups excluding carboxylic acids is 2. The SMILES string of the molecule is CCN(CC)CCN1C(=O)C(=O)/C(=C(\O)c2cccc([N+](=O)[O-])c2)C1c1cccs1. The van der Waals surface area contributed by atoms with E-state index in [0.29, 0.717) is 13.1 Å². The van der Waals surface area contributed by atoms with Crippen molar-refractivity contribution in [2.45, 2.75) is 19.9 Å². The van der Waals surface area contributed by atoms with Crippen LogP contribution in [0.3, 0.4) is 0 Å². The molecule has 1 atom stereocenters. The Kier molecular flexibility index (Phi) is 6.63. The van der Waals surface area contributed by atoms with E-state index in [-0.39, 0.29) is 16.8 Å². The Morgan fingerprint density at radius 1 is 1.23 bits per heavy atom. The van der Waals surface area contributed by atoms with E-state index in [0.717, 1.165) is 18.0 Å². The van der Waals surface area contributed by atoms with Crippen molar-refractivity contribution in [1.29, 1.82) is 0 Å². The molecule has 30 heavy (non-hydrogen) atoms. The van der Waals surface area contributed by atoms with Crippen LogP contribution < -0.4 is 0 Å². The number of Topliss-reactive ketones (excluding diaryl/α,β-unsaturated/α-hetero) is 1. The highest BCUT2D eigenvalue weighted by molar-refractivity contribution is 7.10. The molecule has 0 saturated carbocycles. The average Bonchev–Trinajstić information content (AvgIpc) is 3.36. The van der Waals surface area contributed by atoms with Gasteiger partial charge in [0.15, 0.2) is 0 Å². The number of thiophene rings is 1. The molecule has 0 radical (unpaired) electrons. The van der Waals surface area contributed by atoms with Gasteiger partial charge in [0.25, 0.3) is 17.4 Å². The second-order valence-corrected chi connectivity index (χ2v) is 7.82. The van der Waals surface area contributed by atoms with Gasteiger partial charge in [-0.3, -0.25) is 19.7 Å². The largest absolute Gasteiger partial charge is 0.507 e. The summed E-state index contributed by atoms with van der Waals surface area (Å²) in [5, 5.41) is 23.9. The third-order valence-corrected chi connectivity index (χ3v) is 6.16. The van der Waals surface area contributed by atoms with Crippen LogP contribution in [0.1, 0.15) is 30.3 Å². The molecule has 0 spiro atoms. The first-order valence-corrected chi connectivity index (χ1v) is 10.6. The fourth-order valence-corrected chi connectivity index (χ4v) is 4.41. The van der Waals surface area contributed by atoms with E-state index in [4.69, 9.17) is 0 Å². The van der Waals surface area contributed by atoms with Crippen molar-refractivity contribution in [1.82, 2.24) is 9.80 Å². The molecular weight excluding hydrogens is 406 g/mol. The lowest BCUT2D eigenvalue weighted by Crippen LogP contribution is -2.37. The molecule has 1 N–H and O–H groups in total. The topological polar surface area (TPSA) is 104 Å². The molecule has 1 aromatic carbocycles. The molecule has 2 heterocycles. The van der Waals surface area contributed by atoms with E-state index in [9.17, 15) is 24.8 Å². The van der Waals surface area contributed by atoms with Gasteiger partial charge >= 0.3 is 0 Å². The van der Waals surface area contributed by atoms with E-state index in [1.54, 1.807) is 0 Å². The van der Waals surface area contributed by atoms with Gasteiger partial charge in [-0.25, -0.2) is 0 Å². The predicted molar refractivity (Wildman–Crippen MR) is 114 cm³/mol. The molecule has 1 fully saturated rings. The normalized spacial score (nSPS) is 18.4. The minimum Gasteiger partial charge on any atom is -0.507 e. The van der Waals surface area contributed by atoms with E-state index in [2.05, 4.69) is 4.90 Å². The van der Waals surface area contributed by atoms with Crippen LogP contribution in [-0.4, -0.2) is 57.7 Å². The van der Waals surface area contributed by atoms with E-state index < -0.39 is 28.4 Å². The zero-order chi connectivity index (χ0) is 21.8. The van der Waals surface area contributed by atoms with Crippen LogP contribution >= 0.6 is 11.3 Å². The molecule has 8 nitrogen and oxygen atoms in total. The van der Waals surface area contributed by atoms with Crippen molar-refractivity contribution in [3.05, 3.63) is 67.9 Å². The number of benzene rings is 1. The van der Waals surface area contributed by atoms with Crippen LogP contribution in [0, 0.1) is 10.1 Å². The Morgan fingerprint density at radius 3 is 2.57 bits per heavy atom. The highest BCUT2D eigenvalue weighted by Crippen LogP contribution is 2.41. The van der Waals surface area contributed by atoms with E-state index >= 15 is 0 Å². The molecule has 0 aliphatic carbocycles. The summed E-state index contributed by atoms with van der Waals surface area (Å²) >= 11 is 1.38. The maximum Gasteiger partial charge on any atom is 0.295 e. The number of aliphatic hydroxyl groups excluding tert-OH is 1. The maximum absolute atomic E-state index is 12.9. The summed E-state index contributed by atoms with van der Waals surface area (Å²) in [4.78, 5) is 40.6. The first-order chi connectivity index (χ1) is 14.4. The number of aliphatic hydroxyl groups is 1. The Labute approximate surface area is 178 Å². The first kappa shape index (κ1) is 21.7. The van der Waals surface area contributed by atoms with Gasteiger partial charge in [-0.15, -0.1) is 11.3 Å². The van der Waals surface area contributed by atoms with Gasteiger partial charge in [0.1, 0.15) is 5.76 Å². The number of non-ortho nitro benzene ring substituents is 1. The number of nitrogens with zero attached hydrogens (tertiary/aromatic N) is 3. The average molecular weight is 429 g/mol. The molecule has 1 saturated heterocycles. The predicted octanol–water partition coefficient (Wildman–Crippen LogP) is 3.42. The summed E-state index contributed by atoms with van der Waals surface area (Å²) in [5.74, 6) is -1.86. The molecule has 9 heteroatoms. The van der Waals surface area contributed by atoms with Gasteiger partial charge in [0.05, 0.1) is 16.5 Å². The van der Waals surface area contributed by atoms with Crippen molar-refractivity contribution in [3.63, 3.8) is 0 Å². The molecule has 1 aliphatic rings. The number of likely N-dealkylation sites (tertiary alicyclic amines) is 1. The number of likely N-dealkylation sites (N-methyl/N-ethyl adjacent to an activating group) is 1. The number of ketones is 1. The number of rotatable bonds is 8. The zero-order valence-corrected chi connectivity index (χ0v) is 17.6. The van der Waals surface area contributed by atoms with Gasteiger partial charge in [0, 0.05) is 35.7 Å². The van der Waals surface area contributed by atoms with Crippen molar-refractivity contribution in [2.24, 2.45) is 0 Å². The minimum atomic E-state index is -0.781. The summed E-state index contributed by atoms with van der Waals surface area (Å²) in [6, 6.07) is 8.32. The summed E-state index contributed by atoms with van der Waals surface area (Å²) in [6.07, 6.45) is 0. The molecule has 1 aromatic heterocycles. The smallest absolute Gasteiger partial charge is 0.295 e. The van der Waals surface area contributed by atoms with Crippen molar-refractivity contribution >= 4 is 34.5 Å². The molecule has 1 unspecified atom stereocenters. The van der Waals surface area contributed by atoms with Crippen LogP contribution in [-0.2, 0) is 9.59 Å². The van der Waals surface area contributed by atoms with Gasteiger partial charge in [-0.1, -0.05) is 32.0 Å². The molecule has 0 bridgehead atoms. The summed E-state index contributed by atoms with van der Waals surface area (Å²) in [7, 11) is 0. The third-order valence-electron chi connectivity index (χ3n) is 5.23. The number of nitro benzene ring substituents is 1. The van der Waals surface area contributed by atoms with Crippen molar-refractivity contribution < 1.29 is 19.6 Å². The summed E-state index contributed by atoms with van der Waals surface area (Å²) in [5.41, 5.74) is -0.113. The number of nitro groups is 1. The number of amides is 1. The lowest BCUT2D eigenvalue weighted by atomic mass is 9.99. The molecule has 1 amide bonds. The molecule has 1 aliphatic heterocycles. The standard InChI is InChI=1S/C21H23N3O5S/c1-3-22(4-2)10-11-23-18(16-9-6-12-30-16)17(20(26)21(23)27)19(25)14-7-5-8-15(13-14)24(28)29/h5-9,12-13,18,25H,3-4,10-11H2,1-2H3/b19-17-. The fourth-order valence-electron chi connectivity index (χ4n) is 3.56. The number of carbonyl (C=O) groups is 2. The number of hydrogen-bond acceptors (Lipinski definition) is 7. The van der Waals surface area contributed by atoms with Gasteiger partial charge in [-0.05, 0) is 24.5 Å². The van der Waals surface area contributed by atoms with Crippen LogP contribution in [0.2, 0.25) is 0 Å². The highest BCUT2D eigenvalue weighted by Gasteiger charge is 2.46. The Hall–Kier alpha value is -3.04. The Bertz CT molecular complexity index is 982. The van der Waals surface area contributed by atoms with Crippen LogP contribution in [0.5, 0.6) is 0 Å². The quantitative estimate of drug-likeness (QED) is 0.227. The summed E-state index contributed by atoms with van der Waals surface area (Å²) < 4.78 is 0. The van der Waals surface area contributed by atoms with Crippen LogP contribution in [0.15, 0.2) is 47.4 Å². The second kappa shape index (κ2) is 9.19. The number of hydrogen-bond donors (Lipinski definition) is 1. The Morgan fingerprint density at radius 2 is 1.97 bits per heavy atom. The lowest BCUT2D eigenvalue weighted by Gasteiger charge is -2.27. The second-order valence-electron chi connectivity index (χ2n) is 6.84. The first-order valence-electron chi connectivity index (χ1n) is 9.68. The van der Waals surface area contributed by atoms with E-state index in [1.807, 2.05) is 31.4 Å². The van der Waals surface area contributed by atoms with E-state index in [1.165, 1.54) is 40.5 Å². The molecular formula is C21H23N3O5S. The zero-order valence-electron chi connectivity index (χ0n) is 16.8. The third kappa shape index (κ3) is 4.12. The van der Waals surface area contributed by atoms with Crippen LogP contribution in [0.25, 0.3) is 5.76 Å². The summed E-state index contributed by atoms with van der Waals surface area (Å²) in [6.45, 7) is 6.61. The van der Waals surface area contributed by atoms with Gasteiger partial charge < -0.3 is 14.9 Å². The molecule has 3 rings (SSSR count). The highest BCUT2D eigenvalue weighted by atomic mass is 32.1.